The van der Waals surface area contributed by atoms with Gasteiger partial charge in [-0.2, -0.15) is 0 Å². The van der Waals surface area contributed by atoms with Crippen molar-refractivity contribution in [3.63, 3.8) is 0 Å². The zero-order chi connectivity index (χ0) is 16.0. The molecule has 0 aliphatic rings. The number of amides is 1. The van der Waals surface area contributed by atoms with Crippen LogP contribution in [-0.2, 0) is 16.0 Å². The Hall–Kier alpha value is -1.36. The second-order valence-electron chi connectivity index (χ2n) is 5.88. The zero-order valence-electron chi connectivity index (χ0n) is 13.2. The van der Waals surface area contributed by atoms with Gasteiger partial charge in [0.2, 0.25) is 5.91 Å². The first-order chi connectivity index (χ1) is 9.79. The molecule has 118 valence electrons. The Bertz CT molecular complexity index is 494. The van der Waals surface area contributed by atoms with Gasteiger partial charge in [0, 0.05) is 16.2 Å². The fraction of sp³-hybridized carbons (Fsp3) is 0.625. The Labute approximate surface area is 130 Å². The molecule has 0 spiro atoms. The van der Waals surface area contributed by atoms with Crippen LogP contribution in [0.3, 0.4) is 0 Å². The lowest BCUT2D eigenvalue weighted by atomic mass is 10.0. The van der Waals surface area contributed by atoms with Crippen LogP contribution in [0.5, 0.6) is 0 Å². The summed E-state index contributed by atoms with van der Waals surface area (Å²) in [7, 11) is 0. The van der Waals surface area contributed by atoms with Crippen molar-refractivity contribution in [1.82, 2.24) is 5.32 Å². The fourth-order valence-electron chi connectivity index (χ4n) is 2.33. The maximum absolute atomic E-state index is 11.8. The average Bonchev–Trinajstić information content (AvgIpc) is 2.66. The molecule has 1 unspecified atom stereocenters. The van der Waals surface area contributed by atoms with Crippen LogP contribution in [0.4, 0.5) is 0 Å². The summed E-state index contributed by atoms with van der Waals surface area (Å²) in [5.74, 6) is -0.892. The number of rotatable bonds is 8. The molecule has 1 aromatic rings. The molecule has 0 saturated carbocycles. The standard InChI is InChI=1S/C16H25NO3S/c1-10(2)8-14(16(19)20)17-15(18)7-5-6-13-9-11(3)21-12(13)4/h9-10,14H,5-8H2,1-4H3,(H,17,18)(H,19,20). The molecule has 1 amide bonds. The predicted molar refractivity (Wildman–Crippen MR) is 85.8 cm³/mol. The molecule has 1 aromatic heterocycles. The van der Waals surface area contributed by atoms with Gasteiger partial charge < -0.3 is 10.4 Å². The molecular weight excluding hydrogens is 286 g/mol. The summed E-state index contributed by atoms with van der Waals surface area (Å²) in [4.78, 5) is 25.5. The van der Waals surface area contributed by atoms with Crippen molar-refractivity contribution >= 4 is 23.2 Å². The first kappa shape index (κ1) is 17.7. The van der Waals surface area contributed by atoms with Gasteiger partial charge in [0.05, 0.1) is 0 Å². The second-order valence-corrected chi connectivity index (χ2v) is 7.34. The monoisotopic (exact) mass is 311 g/mol. The molecule has 1 rings (SSSR count). The van der Waals surface area contributed by atoms with E-state index in [0.717, 1.165) is 12.8 Å². The van der Waals surface area contributed by atoms with Crippen LogP contribution in [-0.4, -0.2) is 23.0 Å². The van der Waals surface area contributed by atoms with Crippen LogP contribution in [0.15, 0.2) is 6.07 Å². The van der Waals surface area contributed by atoms with Crippen molar-refractivity contribution < 1.29 is 14.7 Å². The third-order valence-electron chi connectivity index (χ3n) is 3.33. The van der Waals surface area contributed by atoms with Gasteiger partial charge in [-0.25, -0.2) is 4.79 Å². The molecule has 0 aliphatic carbocycles. The maximum Gasteiger partial charge on any atom is 0.326 e. The van der Waals surface area contributed by atoms with Gasteiger partial charge in [0.15, 0.2) is 0 Å². The molecule has 21 heavy (non-hydrogen) atoms. The van der Waals surface area contributed by atoms with E-state index in [2.05, 4.69) is 25.2 Å². The van der Waals surface area contributed by atoms with Gasteiger partial charge in [-0.15, -0.1) is 11.3 Å². The zero-order valence-corrected chi connectivity index (χ0v) is 14.0. The third kappa shape index (κ3) is 6.29. The van der Waals surface area contributed by atoms with E-state index in [1.54, 1.807) is 11.3 Å². The van der Waals surface area contributed by atoms with Gasteiger partial charge >= 0.3 is 5.97 Å². The summed E-state index contributed by atoms with van der Waals surface area (Å²) >= 11 is 1.77. The lowest BCUT2D eigenvalue weighted by Gasteiger charge is -2.16. The molecule has 4 nitrogen and oxygen atoms in total. The molecule has 0 aliphatic heterocycles. The van der Waals surface area contributed by atoms with Gasteiger partial charge in [-0.3, -0.25) is 4.79 Å². The lowest BCUT2D eigenvalue weighted by Crippen LogP contribution is -2.41. The fourth-order valence-corrected chi connectivity index (χ4v) is 3.31. The number of thiophene rings is 1. The minimum Gasteiger partial charge on any atom is -0.480 e. The number of carboxylic acid groups (broad SMARTS) is 1. The van der Waals surface area contributed by atoms with Crippen LogP contribution >= 0.6 is 11.3 Å². The first-order valence-corrected chi connectivity index (χ1v) is 8.19. The van der Waals surface area contributed by atoms with Gasteiger partial charge in [0.25, 0.3) is 0 Å². The highest BCUT2D eigenvalue weighted by Crippen LogP contribution is 2.22. The van der Waals surface area contributed by atoms with Crippen LogP contribution in [0.2, 0.25) is 0 Å². The number of aliphatic carboxylic acids is 1. The molecule has 1 atom stereocenters. The Kier molecular flexibility index (Phi) is 6.89. The number of hydrogen-bond acceptors (Lipinski definition) is 3. The van der Waals surface area contributed by atoms with Crippen LogP contribution < -0.4 is 5.32 Å². The minimum absolute atomic E-state index is 0.173. The van der Waals surface area contributed by atoms with E-state index in [1.807, 2.05) is 13.8 Å². The predicted octanol–water partition coefficient (Wildman–Crippen LogP) is 3.30. The molecule has 0 radical (unpaired) electrons. The minimum atomic E-state index is -0.957. The molecule has 0 bridgehead atoms. The van der Waals surface area contributed by atoms with Gasteiger partial charge in [-0.1, -0.05) is 13.8 Å². The van der Waals surface area contributed by atoms with E-state index >= 15 is 0 Å². The summed E-state index contributed by atoms with van der Waals surface area (Å²) < 4.78 is 0. The smallest absolute Gasteiger partial charge is 0.326 e. The summed E-state index contributed by atoms with van der Waals surface area (Å²) in [6, 6.07) is 1.39. The van der Waals surface area contributed by atoms with Gasteiger partial charge in [-0.05, 0) is 50.7 Å². The van der Waals surface area contributed by atoms with E-state index in [1.165, 1.54) is 15.3 Å². The lowest BCUT2D eigenvalue weighted by molar-refractivity contribution is -0.142. The van der Waals surface area contributed by atoms with E-state index < -0.39 is 12.0 Å². The van der Waals surface area contributed by atoms with Crippen molar-refractivity contribution in [3.8, 4) is 0 Å². The van der Waals surface area contributed by atoms with E-state index in [4.69, 9.17) is 5.11 Å². The second kappa shape index (κ2) is 8.17. The number of nitrogens with one attached hydrogen (secondary N) is 1. The maximum atomic E-state index is 11.8. The Morgan fingerprint density at radius 2 is 2.00 bits per heavy atom. The Balaban J connectivity index is 2.39. The largest absolute Gasteiger partial charge is 0.480 e. The molecule has 5 heteroatoms. The SMILES string of the molecule is Cc1cc(CCCC(=O)NC(CC(C)C)C(=O)O)c(C)s1. The normalized spacial score (nSPS) is 12.4. The summed E-state index contributed by atoms with van der Waals surface area (Å²) in [6.45, 7) is 8.07. The van der Waals surface area contributed by atoms with E-state index in [0.29, 0.717) is 12.8 Å². The highest BCUT2D eigenvalue weighted by molar-refractivity contribution is 7.12. The van der Waals surface area contributed by atoms with E-state index in [-0.39, 0.29) is 11.8 Å². The number of carbonyl (C=O) groups excluding carboxylic acids is 1. The summed E-state index contributed by atoms with van der Waals surface area (Å²) in [6.07, 6.45) is 2.45. The molecular formula is C16H25NO3S. The molecule has 1 heterocycles. The Morgan fingerprint density at radius 1 is 1.33 bits per heavy atom. The van der Waals surface area contributed by atoms with E-state index in [9.17, 15) is 9.59 Å². The number of aryl methyl sites for hydroxylation is 3. The number of hydrogen-bond donors (Lipinski definition) is 2. The quantitative estimate of drug-likeness (QED) is 0.774. The van der Waals surface area contributed by atoms with Gasteiger partial charge in [0.1, 0.15) is 6.04 Å². The Morgan fingerprint density at radius 3 is 2.48 bits per heavy atom. The van der Waals surface area contributed by atoms with Crippen molar-refractivity contribution in [2.45, 2.75) is 59.4 Å². The van der Waals surface area contributed by atoms with Crippen molar-refractivity contribution in [2.24, 2.45) is 5.92 Å². The topological polar surface area (TPSA) is 66.4 Å². The highest BCUT2D eigenvalue weighted by Gasteiger charge is 2.20. The number of carboxylic acids is 1. The van der Waals surface area contributed by atoms with Crippen LogP contribution in [0.1, 0.15) is 48.4 Å². The molecule has 0 fully saturated rings. The van der Waals surface area contributed by atoms with Crippen molar-refractivity contribution in [3.05, 3.63) is 21.4 Å². The van der Waals surface area contributed by atoms with Crippen LogP contribution in [0, 0.1) is 19.8 Å². The molecule has 0 saturated heterocycles. The highest BCUT2D eigenvalue weighted by atomic mass is 32.1. The van der Waals surface area contributed by atoms with Crippen molar-refractivity contribution in [2.75, 3.05) is 0 Å². The number of carbonyl (C=O) groups is 2. The third-order valence-corrected chi connectivity index (χ3v) is 4.34. The first-order valence-electron chi connectivity index (χ1n) is 7.37. The molecule has 2 N–H and O–H groups in total. The average molecular weight is 311 g/mol. The summed E-state index contributed by atoms with van der Waals surface area (Å²) in [5, 5.41) is 11.7. The van der Waals surface area contributed by atoms with Crippen LogP contribution in [0.25, 0.3) is 0 Å². The molecule has 0 aromatic carbocycles. The van der Waals surface area contributed by atoms with Crippen molar-refractivity contribution in [1.29, 1.82) is 0 Å². The summed E-state index contributed by atoms with van der Waals surface area (Å²) in [5.41, 5.74) is 1.29.